The Balaban J connectivity index is 2.01. The molecule has 106 valence electrons. The SMILES string of the molecule is O=C(O)Cc1nc(Sc2ccc(Cl)cc2)c2ccccn12. The van der Waals surface area contributed by atoms with Crippen LogP contribution in [0.4, 0.5) is 0 Å². The summed E-state index contributed by atoms with van der Waals surface area (Å²) in [6.45, 7) is 0. The first kappa shape index (κ1) is 14.0. The lowest BCUT2D eigenvalue weighted by Gasteiger charge is -1.99. The van der Waals surface area contributed by atoms with Crippen molar-refractivity contribution in [3.63, 3.8) is 0 Å². The largest absolute Gasteiger partial charge is 0.481 e. The van der Waals surface area contributed by atoms with Gasteiger partial charge in [-0.1, -0.05) is 29.4 Å². The Bertz CT molecular complexity index is 799. The van der Waals surface area contributed by atoms with E-state index in [1.807, 2.05) is 53.1 Å². The number of aliphatic carboxylic acids is 1. The molecular weight excluding hydrogens is 308 g/mol. The van der Waals surface area contributed by atoms with Gasteiger partial charge in [-0.3, -0.25) is 4.79 Å². The summed E-state index contributed by atoms with van der Waals surface area (Å²) in [6, 6.07) is 13.2. The first-order valence-electron chi connectivity index (χ1n) is 6.24. The molecule has 2 aromatic heterocycles. The molecule has 1 N–H and O–H groups in total. The third kappa shape index (κ3) is 3.04. The molecule has 0 spiro atoms. The van der Waals surface area contributed by atoms with Gasteiger partial charge in [0.2, 0.25) is 0 Å². The van der Waals surface area contributed by atoms with Crippen LogP contribution in [-0.4, -0.2) is 20.5 Å². The van der Waals surface area contributed by atoms with E-state index in [0.29, 0.717) is 10.8 Å². The van der Waals surface area contributed by atoms with Crippen LogP contribution < -0.4 is 0 Å². The van der Waals surface area contributed by atoms with Crippen molar-refractivity contribution < 1.29 is 9.90 Å². The van der Waals surface area contributed by atoms with Gasteiger partial charge in [0.25, 0.3) is 0 Å². The molecule has 1 aromatic carbocycles. The minimum atomic E-state index is -0.895. The van der Waals surface area contributed by atoms with Gasteiger partial charge >= 0.3 is 5.97 Å². The number of halogens is 1. The lowest BCUT2D eigenvalue weighted by atomic mass is 10.4. The smallest absolute Gasteiger partial charge is 0.311 e. The number of carboxylic acids is 1. The van der Waals surface area contributed by atoms with Crippen LogP contribution in [0.25, 0.3) is 5.52 Å². The minimum absolute atomic E-state index is 0.105. The van der Waals surface area contributed by atoms with Crippen LogP contribution in [0.15, 0.2) is 58.6 Å². The Hall–Kier alpha value is -1.98. The number of aromatic nitrogens is 2. The highest BCUT2D eigenvalue weighted by Gasteiger charge is 2.14. The number of benzene rings is 1. The molecule has 3 aromatic rings. The van der Waals surface area contributed by atoms with E-state index in [0.717, 1.165) is 15.4 Å². The van der Waals surface area contributed by atoms with Crippen LogP contribution in [-0.2, 0) is 11.2 Å². The normalized spacial score (nSPS) is 10.9. The monoisotopic (exact) mass is 318 g/mol. The molecule has 0 bridgehead atoms. The zero-order valence-electron chi connectivity index (χ0n) is 10.9. The topological polar surface area (TPSA) is 54.6 Å². The Morgan fingerprint density at radius 2 is 2.00 bits per heavy atom. The molecule has 0 saturated carbocycles. The van der Waals surface area contributed by atoms with E-state index in [1.54, 1.807) is 0 Å². The molecule has 0 atom stereocenters. The van der Waals surface area contributed by atoms with E-state index < -0.39 is 5.97 Å². The fourth-order valence-electron chi connectivity index (χ4n) is 2.02. The average molecular weight is 319 g/mol. The van der Waals surface area contributed by atoms with Crippen molar-refractivity contribution in [3.8, 4) is 0 Å². The van der Waals surface area contributed by atoms with E-state index >= 15 is 0 Å². The first-order chi connectivity index (χ1) is 10.1. The van der Waals surface area contributed by atoms with Gasteiger partial charge in [0.1, 0.15) is 17.3 Å². The zero-order chi connectivity index (χ0) is 14.8. The zero-order valence-corrected chi connectivity index (χ0v) is 12.4. The predicted molar refractivity (Wildman–Crippen MR) is 82.1 cm³/mol. The average Bonchev–Trinajstić information content (AvgIpc) is 2.79. The van der Waals surface area contributed by atoms with Crippen molar-refractivity contribution in [2.24, 2.45) is 0 Å². The van der Waals surface area contributed by atoms with E-state index in [4.69, 9.17) is 16.7 Å². The molecule has 0 radical (unpaired) electrons. The first-order valence-corrected chi connectivity index (χ1v) is 7.44. The summed E-state index contributed by atoms with van der Waals surface area (Å²) in [5, 5.41) is 10.4. The fourth-order valence-corrected chi connectivity index (χ4v) is 3.06. The number of carbonyl (C=O) groups is 1. The van der Waals surface area contributed by atoms with Crippen molar-refractivity contribution in [2.75, 3.05) is 0 Å². The highest BCUT2D eigenvalue weighted by Crippen LogP contribution is 2.31. The summed E-state index contributed by atoms with van der Waals surface area (Å²) in [6.07, 6.45) is 1.72. The molecule has 6 heteroatoms. The summed E-state index contributed by atoms with van der Waals surface area (Å²) in [7, 11) is 0. The van der Waals surface area contributed by atoms with Crippen molar-refractivity contribution in [1.29, 1.82) is 0 Å². The van der Waals surface area contributed by atoms with Crippen LogP contribution in [0.2, 0.25) is 5.02 Å². The van der Waals surface area contributed by atoms with Crippen LogP contribution >= 0.6 is 23.4 Å². The van der Waals surface area contributed by atoms with Crippen molar-refractivity contribution in [2.45, 2.75) is 16.3 Å². The van der Waals surface area contributed by atoms with Gasteiger partial charge in [-0.25, -0.2) is 4.98 Å². The van der Waals surface area contributed by atoms with Crippen LogP contribution in [0.3, 0.4) is 0 Å². The lowest BCUT2D eigenvalue weighted by molar-refractivity contribution is -0.136. The number of fused-ring (bicyclic) bond motifs is 1. The van der Waals surface area contributed by atoms with Crippen molar-refractivity contribution in [1.82, 2.24) is 9.38 Å². The molecule has 2 heterocycles. The summed E-state index contributed by atoms with van der Waals surface area (Å²) in [4.78, 5) is 16.4. The summed E-state index contributed by atoms with van der Waals surface area (Å²) < 4.78 is 1.81. The number of hydrogen-bond acceptors (Lipinski definition) is 3. The molecular formula is C15H11ClN2O2S. The molecule has 3 rings (SSSR count). The number of nitrogens with zero attached hydrogens (tertiary/aromatic N) is 2. The van der Waals surface area contributed by atoms with E-state index in [9.17, 15) is 4.79 Å². The molecule has 0 aliphatic carbocycles. The fraction of sp³-hybridized carbons (Fsp3) is 0.0667. The second-order valence-corrected chi connectivity index (χ2v) is 5.91. The van der Waals surface area contributed by atoms with Crippen LogP contribution in [0.5, 0.6) is 0 Å². The second kappa shape index (κ2) is 5.79. The Morgan fingerprint density at radius 1 is 1.24 bits per heavy atom. The number of pyridine rings is 1. The maximum absolute atomic E-state index is 10.9. The molecule has 0 aliphatic heterocycles. The molecule has 21 heavy (non-hydrogen) atoms. The quantitative estimate of drug-likeness (QED) is 0.795. The summed E-state index contributed by atoms with van der Waals surface area (Å²) in [5.74, 6) is -0.372. The van der Waals surface area contributed by atoms with E-state index in [1.165, 1.54) is 11.8 Å². The Kier molecular flexibility index (Phi) is 3.86. The third-order valence-corrected chi connectivity index (χ3v) is 4.18. The molecule has 4 nitrogen and oxygen atoms in total. The van der Waals surface area contributed by atoms with E-state index in [-0.39, 0.29) is 6.42 Å². The highest BCUT2D eigenvalue weighted by molar-refractivity contribution is 7.99. The van der Waals surface area contributed by atoms with Crippen molar-refractivity contribution >= 4 is 34.8 Å². The lowest BCUT2D eigenvalue weighted by Crippen LogP contribution is -2.04. The predicted octanol–water partition coefficient (Wildman–Crippen LogP) is 3.77. The summed E-state index contributed by atoms with van der Waals surface area (Å²) in [5.41, 5.74) is 0.897. The van der Waals surface area contributed by atoms with Crippen molar-refractivity contribution in [3.05, 3.63) is 59.5 Å². The number of rotatable bonds is 4. The maximum Gasteiger partial charge on any atom is 0.311 e. The second-order valence-electron chi connectivity index (χ2n) is 4.42. The van der Waals surface area contributed by atoms with Gasteiger partial charge in [-0.15, -0.1) is 0 Å². The number of imidazole rings is 1. The minimum Gasteiger partial charge on any atom is -0.481 e. The maximum atomic E-state index is 10.9. The molecule has 0 saturated heterocycles. The van der Waals surface area contributed by atoms with Gasteiger partial charge in [0.15, 0.2) is 0 Å². The van der Waals surface area contributed by atoms with E-state index in [2.05, 4.69) is 4.98 Å². The highest BCUT2D eigenvalue weighted by atomic mass is 35.5. The molecule has 0 aliphatic rings. The van der Waals surface area contributed by atoms with Gasteiger partial charge in [0, 0.05) is 16.1 Å². The van der Waals surface area contributed by atoms with Gasteiger partial charge < -0.3 is 9.51 Å². The third-order valence-electron chi connectivity index (χ3n) is 2.93. The standard InChI is InChI=1S/C15H11ClN2O2S/c16-10-4-6-11(7-5-10)21-15-12-3-1-2-8-18(12)13(17-15)9-14(19)20/h1-8H,9H2,(H,19,20). The Labute approximate surface area is 130 Å². The summed E-state index contributed by atoms with van der Waals surface area (Å²) >= 11 is 7.37. The molecule has 0 unspecified atom stereocenters. The Morgan fingerprint density at radius 3 is 2.71 bits per heavy atom. The van der Waals surface area contributed by atoms with Gasteiger partial charge in [0.05, 0.1) is 5.52 Å². The van der Waals surface area contributed by atoms with Crippen LogP contribution in [0, 0.1) is 0 Å². The van der Waals surface area contributed by atoms with Gasteiger partial charge in [-0.2, -0.15) is 0 Å². The van der Waals surface area contributed by atoms with Crippen LogP contribution in [0.1, 0.15) is 5.82 Å². The number of hydrogen-bond donors (Lipinski definition) is 1. The van der Waals surface area contributed by atoms with Gasteiger partial charge in [-0.05, 0) is 36.4 Å². The molecule has 0 amide bonds. The molecule has 0 fully saturated rings. The number of carboxylic acid groups (broad SMARTS) is 1.